The SMILES string of the molecule is CCNc1sc(C(=O)C2CC2)c(N)c1C(=O)OCC. The molecule has 1 aromatic heterocycles. The zero-order valence-corrected chi connectivity index (χ0v) is 11.9. The van der Waals surface area contributed by atoms with E-state index in [1.165, 1.54) is 11.3 Å². The summed E-state index contributed by atoms with van der Waals surface area (Å²) in [5.41, 5.74) is 6.54. The fourth-order valence-electron chi connectivity index (χ4n) is 1.85. The maximum absolute atomic E-state index is 12.1. The lowest BCUT2D eigenvalue weighted by Crippen LogP contribution is -2.10. The molecular formula is C13H18N2O3S. The maximum Gasteiger partial charge on any atom is 0.343 e. The van der Waals surface area contributed by atoms with Gasteiger partial charge in [-0.05, 0) is 26.7 Å². The van der Waals surface area contributed by atoms with Crippen LogP contribution in [0.25, 0.3) is 0 Å². The first kappa shape index (κ1) is 13.9. The Morgan fingerprint density at radius 3 is 2.63 bits per heavy atom. The lowest BCUT2D eigenvalue weighted by atomic mass is 10.1. The number of Topliss-reactive ketones (excluding diaryl/α,β-unsaturated/α-hetero) is 1. The molecule has 1 saturated carbocycles. The fraction of sp³-hybridized carbons (Fsp3) is 0.538. The maximum atomic E-state index is 12.1. The van der Waals surface area contributed by atoms with Crippen molar-refractivity contribution in [3.63, 3.8) is 0 Å². The van der Waals surface area contributed by atoms with Crippen molar-refractivity contribution in [2.75, 3.05) is 24.2 Å². The molecular weight excluding hydrogens is 264 g/mol. The van der Waals surface area contributed by atoms with Gasteiger partial charge >= 0.3 is 5.97 Å². The molecule has 0 spiro atoms. The normalized spacial score (nSPS) is 14.2. The number of rotatable bonds is 6. The molecule has 1 aliphatic carbocycles. The van der Waals surface area contributed by atoms with Gasteiger partial charge in [-0.3, -0.25) is 4.79 Å². The van der Waals surface area contributed by atoms with Crippen molar-refractivity contribution in [1.82, 2.24) is 0 Å². The summed E-state index contributed by atoms with van der Waals surface area (Å²) >= 11 is 1.25. The van der Waals surface area contributed by atoms with Gasteiger partial charge in [0.05, 0.1) is 17.2 Å². The molecule has 1 aromatic rings. The minimum absolute atomic E-state index is 0.0530. The third kappa shape index (κ3) is 2.73. The molecule has 1 aliphatic rings. The van der Waals surface area contributed by atoms with Gasteiger partial charge in [-0.2, -0.15) is 0 Å². The van der Waals surface area contributed by atoms with Crippen LogP contribution in [0.15, 0.2) is 0 Å². The van der Waals surface area contributed by atoms with Crippen LogP contribution in [-0.4, -0.2) is 24.9 Å². The summed E-state index contributed by atoms with van der Waals surface area (Å²) in [7, 11) is 0. The van der Waals surface area contributed by atoms with Gasteiger partial charge in [0.25, 0.3) is 0 Å². The highest BCUT2D eigenvalue weighted by atomic mass is 32.1. The summed E-state index contributed by atoms with van der Waals surface area (Å²) in [6.45, 7) is 4.60. The predicted octanol–water partition coefficient (Wildman–Crippen LogP) is 2.53. The molecule has 0 atom stereocenters. The van der Waals surface area contributed by atoms with E-state index in [4.69, 9.17) is 10.5 Å². The number of hydrogen-bond acceptors (Lipinski definition) is 6. The van der Waals surface area contributed by atoms with E-state index in [1.54, 1.807) is 6.92 Å². The quantitative estimate of drug-likeness (QED) is 0.619. The highest BCUT2D eigenvalue weighted by Gasteiger charge is 2.35. The first-order chi connectivity index (χ1) is 9.10. The van der Waals surface area contributed by atoms with Gasteiger partial charge < -0.3 is 15.8 Å². The van der Waals surface area contributed by atoms with Gasteiger partial charge in [0, 0.05) is 12.5 Å². The smallest absolute Gasteiger partial charge is 0.343 e. The summed E-state index contributed by atoms with van der Waals surface area (Å²) in [5.74, 6) is -0.329. The van der Waals surface area contributed by atoms with Crippen LogP contribution in [0.5, 0.6) is 0 Å². The Morgan fingerprint density at radius 2 is 2.11 bits per heavy atom. The van der Waals surface area contributed by atoms with Gasteiger partial charge in [-0.15, -0.1) is 11.3 Å². The number of esters is 1. The molecule has 104 valence electrons. The van der Waals surface area contributed by atoms with Crippen molar-refractivity contribution in [3.8, 4) is 0 Å². The molecule has 1 fully saturated rings. The van der Waals surface area contributed by atoms with E-state index >= 15 is 0 Å². The Kier molecular flexibility index (Phi) is 4.09. The molecule has 0 aromatic carbocycles. The first-order valence-electron chi connectivity index (χ1n) is 6.47. The molecule has 0 amide bonds. The van der Waals surface area contributed by atoms with E-state index in [0.717, 1.165) is 12.8 Å². The second-order valence-electron chi connectivity index (χ2n) is 4.44. The summed E-state index contributed by atoms with van der Waals surface area (Å²) in [4.78, 5) is 24.6. The van der Waals surface area contributed by atoms with Crippen molar-refractivity contribution >= 4 is 33.8 Å². The van der Waals surface area contributed by atoms with E-state index in [2.05, 4.69) is 5.32 Å². The Morgan fingerprint density at radius 1 is 1.42 bits per heavy atom. The molecule has 0 radical (unpaired) electrons. The molecule has 0 aliphatic heterocycles. The van der Waals surface area contributed by atoms with E-state index < -0.39 is 5.97 Å². The number of nitrogen functional groups attached to an aromatic ring is 1. The molecule has 5 nitrogen and oxygen atoms in total. The third-order valence-corrected chi connectivity index (χ3v) is 4.11. The monoisotopic (exact) mass is 282 g/mol. The van der Waals surface area contributed by atoms with Gasteiger partial charge in [0.2, 0.25) is 0 Å². The first-order valence-corrected chi connectivity index (χ1v) is 7.29. The van der Waals surface area contributed by atoms with Crippen molar-refractivity contribution in [2.24, 2.45) is 5.92 Å². The average Bonchev–Trinajstić information content (AvgIpc) is 3.15. The third-order valence-electron chi connectivity index (χ3n) is 2.93. The van der Waals surface area contributed by atoms with E-state index in [-0.39, 0.29) is 24.0 Å². The van der Waals surface area contributed by atoms with E-state index in [0.29, 0.717) is 22.0 Å². The largest absolute Gasteiger partial charge is 0.462 e. The van der Waals surface area contributed by atoms with Crippen molar-refractivity contribution in [2.45, 2.75) is 26.7 Å². The van der Waals surface area contributed by atoms with Gasteiger partial charge in [-0.25, -0.2) is 4.79 Å². The summed E-state index contributed by atoms with van der Waals surface area (Å²) in [6.07, 6.45) is 1.84. The zero-order valence-electron chi connectivity index (χ0n) is 11.1. The van der Waals surface area contributed by atoms with Crippen molar-refractivity contribution in [3.05, 3.63) is 10.4 Å². The molecule has 0 bridgehead atoms. The van der Waals surface area contributed by atoms with Gasteiger partial charge in [0.1, 0.15) is 10.6 Å². The topological polar surface area (TPSA) is 81.4 Å². The molecule has 1 heterocycles. The van der Waals surface area contributed by atoms with Crippen LogP contribution in [0.2, 0.25) is 0 Å². The Balaban J connectivity index is 2.38. The van der Waals surface area contributed by atoms with Crippen molar-refractivity contribution in [1.29, 1.82) is 0 Å². The van der Waals surface area contributed by atoms with E-state index in [1.807, 2.05) is 6.92 Å². The minimum atomic E-state index is -0.470. The van der Waals surface area contributed by atoms with Crippen LogP contribution in [0.3, 0.4) is 0 Å². The standard InChI is InChI=1S/C13H18N2O3S/c1-3-15-12-8(13(17)18-4-2)9(14)11(19-12)10(16)7-5-6-7/h7,15H,3-6,14H2,1-2H3. The summed E-state index contributed by atoms with van der Waals surface area (Å²) in [6, 6.07) is 0. The number of ketones is 1. The number of carbonyl (C=O) groups is 2. The number of nitrogens with one attached hydrogen (secondary N) is 1. The zero-order chi connectivity index (χ0) is 14.0. The van der Waals surface area contributed by atoms with Crippen LogP contribution in [0.1, 0.15) is 46.7 Å². The summed E-state index contributed by atoms with van der Waals surface area (Å²) < 4.78 is 5.00. The number of ether oxygens (including phenoxy) is 1. The summed E-state index contributed by atoms with van der Waals surface area (Å²) in [5, 5.41) is 3.70. The number of thiophene rings is 1. The Labute approximate surface area is 116 Å². The lowest BCUT2D eigenvalue weighted by molar-refractivity contribution is 0.0529. The van der Waals surface area contributed by atoms with Gasteiger partial charge in [-0.1, -0.05) is 0 Å². The number of nitrogens with two attached hydrogens (primary N) is 1. The molecule has 2 rings (SSSR count). The molecule has 0 saturated heterocycles. The molecule has 0 unspecified atom stereocenters. The molecule has 6 heteroatoms. The predicted molar refractivity (Wildman–Crippen MR) is 75.9 cm³/mol. The second kappa shape index (κ2) is 5.61. The second-order valence-corrected chi connectivity index (χ2v) is 5.46. The molecule has 3 N–H and O–H groups in total. The van der Waals surface area contributed by atoms with Crippen LogP contribution < -0.4 is 11.1 Å². The van der Waals surface area contributed by atoms with Crippen LogP contribution in [0, 0.1) is 5.92 Å². The highest BCUT2D eigenvalue weighted by Crippen LogP contribution is 2.41. The lowest BCUT2D eigenvalue weighted by Gasteiger charge is -2.05. The van der Waals surface area contributed by atoms with Crippen LogP contribution in [0.4, 0.5) is 10.7 Å². The Bertz CT molecular complexity index is 506. The number of anilines is 2. The number of hydrogen-bond donors (Lipinski definition) is 2. The fourth-order valence-corrected chi connectivity index (χ4v) is 3.04. The minimum Gasteiger partial charge on any atom is -0.462 e. The highest BCUT2D eigenvalue weighted by molar-refractivity contribution is 7.19. The number of carbonyl (C=O) groups excluding carboxylic acids is 2. The average molecular weight is 282 g/mol. The van der Waals surface area contributed by atoms with Crippen LogP contribution in [-0.2, 0) is 4.74 Å². The molecule has 19 heavy (non-hydrogen) atoms. The van der Waals surface area contributed by atoms with Crippen LogP contribution >= 0.6 is 11.3 Å². The van der Waals surface area contributed by atoms with Gasteiger partial charge in [0.15, 0.2) is 5.78 Å². The van der Waals surface area contributed by atoms with E-state index in [9.17, 15) is 9.59 Å². The van der Waals surface area contributed by atoms with Crippen molar-refractivity contribution < 1.29 is 14.3 Å². The Hall–Kier alpha value is -1.56.